The third-order valence-electron chi connectivity index (χ3n) is 3.94. The van der Waals surface area contributed by atoms with Crippen LogP contribution in [0.25, 0.3) is 0 Å². The molecular weight excluding hydrogens is 257 g/mol. The van der Waals surface area contributed by atoms with Gasteiger partial charge in [0.05, 0.1) is 0 Å². The Bertz CT molecular complexity index is 484. The van der Waals surface area contributed by atoms with Gasteiger partial charge in [-0.15, -0.1) is 0 Å². The maximum absolute atomic E-state index is 14.0. The fourth-order valence-corrected chi connectivity index (χ4v) is 2.88. The lowest BCUT2D eigenvalue weighted by molar-refractivity contribution is 0.268. The van der Waals surface area contributed by atoms with E-state index < -0.39 is 0 Å². The predicted octanol–water partition coefficient (Wildman–Crippen LogP) is 2.54. The standard InChI is InChI=1S/C15H22FN3O/c1-19(9-11-4-2-3-5-11)10-13-7-6-12(8-14(13)16)15(17)18-20/h6-8,11,20H,2-5,9-10H2,1H3,(H2,17,18). The van der Waals surface area contributed by atoms with Crippen molar-refractivity contribution in [3.05, 3.63) is 35.1 Å². The first-order valence-electron chi connectivity index (χ1n) is 7.05. The van der Waals surface area contributed by atoms with Crippen molar-refractivity contribution >= 4 is 5.84 Å². The minimum Gasteiger partial charge on any atom is -0.409 e. The van der Waals surface area contributed by atoms with Gasteiger partial charge in [0, 0.05) is 24.2 Å². The van der Waals surface area contributed by atoms with Gasteiger partial charge < -0.3 is 15.8 Å². The van der Waals surface area contributed by atoms with Gasteiger partial charge in [0.1, 0.15) is 5.82 Å². The molecule has 1 saturated carbocycles. The summed E-state index contributed by atoms with van der Waals surface area (Å²) in [6.07, 6.45) is 5.22. The largest absolute Gasteiger partial charge is 0.409 e. The summed E-state index contributed by atoms with van der Waals surface area (Å²) in [5, 5.41) is 11.5. The SMILES string of the molecule is CN(Cc1ccc(C(N)=NO)cc1F)CC1CCCC1. The van der Waals surface area contributed by atoms with Gasteiger partial charge in [-0.05, 0) is 31.9 Å². The average Bonchev–Trinajstić information content (AvgIpc) is 2.93. The summed E-state index contributed by atoms with van der Waals surface area (Å²) in [5.74, 6) is 0.363. The second-order valence-corrected chi connectivity index (χ2v) is 5.64. The smallest absolute Gasteiger partial charge is 0.170 e. The van der Waals surface area contributed by atoms with Gasteiger partial charge in [0.2, 0.25) is 0 Å². The Morgan fingerprint density at radius 2 is 2.15 bits per heavy atom. The minimum atomic E-state index is -0.313. The highest BCUT2D eigenvalue weighted by molar-refractivity contribution is 5.97. The zero-order chi connectivity index (χ0) is 14.5. The fourth-order valence-electron chi connectivity index (χ4n) is 2.88. The third kappa shape index (κ3) is 3.70. The maximum Gasteiger partial charge on any atom is 0.170 e. The van der Waals surface area contributed by atoms with Crippen LogP contribution in [0.5, 0.6) is 0 Å². The third-order valence-corrected chi connectivity index (χ3v) is 3.94. The van der Waals surface area contributed by atoms with Crippen molar-refractivity contribution in [2.45, 2.75) is 32.2 Å². The van der Waals surface area contributed by atoms with E-state index in [2.05, 4.69) is 10.1 Å². The number of rotatable bonds is 5. The van der Waals surface area contributed by atoms with Crippen LogP contribution in [0.2, 0.25) is 0 Å². The summed E-state index contributed by atoms with van der Waals surface area (Å²) in [6, 6.07) is 4.69. The topological polar surface area (TPSA) is 61.8 Å². The highest BCUT2D eigenvalue weighted by Crippen LogP contribution is 2.25. The van der Waals surface area contributed by atoms with E-state index in [0.717, 1.165) is 12.5 Å². The van der Waals surface area contributed by atoms with E-state index in [-0.39, 0.29) is 11.7 Å². The van der Waals surface area contributed by atoms with E-state index in [1.807, 2.05) is 7.05 Å². The Balaban J connectivity index is 1.98. The van der Waals surface area contributed by atoms with Gasteiger partial charge in [0.25, 0.3) is 0 Å². The molecule has 110 valence electrons. The molecule has 1 aliphatic rings. The van der Waals surface area contributed by atoms with Crippen LogP contribution in [0.3, 0.4) is 0 Å². The minimum absolute atomic E-state index is 0.0743. The summed E-state index contributed by atoms with van der Waals surface area (Å²) in [4.78, 5) is 2.16. The van der Waals surface area contributed by atoms with Crippen LogP contribution in [0.15, 0.2) is 23.4 Å². The summed E-state index contributed by atoms with van der Waals surface area (Å²) < 4.78 is 14.0. The molecule has 0 heterocycles. The summed E-state index contributed by atoms with van der Waals surface area (Å²) >= 11 is 0. The van der Waals surface area contributed by atoms with Crippen molar-refractivity contribution in [1.29, 1.82) is 0 Å². The normalized spacial score (nSPS) is 17.1. The van der Waals surface area contributed by atoms with E-state index in [4.69, 9.17) is 10.9 Å². The van der Waals surface area contributed by atoms with Crippen molar-refractivity contribution in [3.8, 4) is 0 Å². The molecule has 3 N–H and O–H groups in total. The number of oxime groups is 1. The Labute approximate surface area is 119 Å². The molecule has 0 spiro atoms. The number of halogens is 1. The van der Waals surface area contributed by atoms with Gasteiger partial charge in [-0.25, -0.2) is 4.39 Å². The number of amidine groups is 1. The Kier molecular flexibility index (Phi) is 4.95. The highest BCUT2D eigenvalue weighted by Gasteiger charge is 2.17. The van der Waals surface area contributed by atoms with E-state index in [1.165, 1.54) is 31.7 Å². The molecule has 0 unspecified atom stereocenters. The molecule has 0 atom stereocenters. The fraction of sp³-hybridized carbons (Fsp3) is 0.533. The number of hydrogen-bond donors (Lipinski definition) is 2. The predicted molar refractivity (Wildman–Crippen MR) is 77.2 cm³/mol. The van der Waals surface area contributed by atoms with Gasteiger partial charge in [-0.1, -0.05) is 30.1 Å². The molecule has 0 aromatic heterocycles. The number of hydrogen-bond acceptors (Lipinski definition) is 3. The first-order valence-corrected chi connectivity index (χ1v) is 7.05. The monoisotopic (exact) mass is 279 g/mol. The maximum atomic E-state index is 14.0. The van der Waals surface area contributed by atoms with Crippen LogP contribution < -0.4 is 5.73 Å². The van der Waals surface area contributed by atoms with E-state index in [0.29, 0.717) is 17.7 Å². The number of nitrogens with two attached hydrogens (primary N) is 1. The molecule has 1 fully saturated rings. The second-order valence-electron chi connectivity index (χ2n) is 5.64. The van der Waals surface area contributed by atoms with Crippen molar-refractivity contribution < 1.29 is 9.60 Å². The number of nitrogens with zero attached hydrogens (tertiary/aromatic N) is 2. The molecule has 1 aromatic rings. The molecule has 0 radical (unpaired) electrons. The quantitative estimate of drug-likeness (QED) is 0.377. The van der Waals surface area contributed by atoms with Gasteiger partial charge in [-0.2, -0.15) is 0 Å². The molecule has 0 amide bonds. The Morgan fingerprint density at radius 1 is 1.45 bits per heavy atom. The van der Waals surface area contributed by atoms with Crippen molar-refractivity contribution in [2.24, 2.45) is 16.8 Å². The molecule has 20 heavy (non-hydrogen) atoms. The second kappa shape index (κ2) is 6.70. The van der Waals surface area contributed by atoms with Crippen LogP contribution in [0.1, 0.15) is 36.8 Å². The van der Waals surface area contributed by atoms with Gasteiger partial charge in [-0.3, -0.25) is 0 Å². The molecular formula is C15H22FN3O. The lowest BCUT2D eigenvalue weighted by Gasteiger charge is -2.21. The van der Waals surface area contributed by atoms with E-state index in [1.54, 1.807) is 12.1 Å². The van der Waals surface area contributed by atoms with E-state index >= 15 is 0 Å². The van der Waals surface area contributed by atoms with Crippen LogP contribution >= 0.6 is 0 Å². The lowest BCUT2D eigenvalue weighted by atomic mass is 10.1. The van der Waals surface area contributed by atoms with Crippen LogP contribution in [0, 0.1) is 11.7 Å². The average molecular weight is 279 g/mol. The van der Waals surface area contributed by atoms with E-state index in [9.17, 15) is 4.39 Å². The molecule has 0 saturated heterocycles. The molecule has 5 heteroatoms. The highest BCUT2D eigenvalue weighted by atomic mass is 19.1. The Morgan fingerprint density at radius 3 is 2.75 bits per heavy atom. The lowest BCUT2D eigenvalue weighted by Crippen LogP contribution is -2.24. The molecule has 2 rings (SSSR count). The van der Waals surface area contributed by atoms with Gasteiger partial charge in [0.15, 0.2) is 5.84 Å². The summed E-state index contributed by atoms with van der Waals surface area (Å²) in [7, 11) is 2.02. The van der Waals surface area contributed by atoms with Crippen molar-refractivity contribution in [1.82, 2.24) is 4.90 Å². The molecule has 4 nitrogen and oxygen atoms in total. The molecule has 0 aliphatic heterocycles. The zero-order valence-corrected chi connectivity index (χ0v) is 11.8. The van der Waals surface area contributed by atoms with Crippen LogP contribution in [0.4, 0.5) is 4.39 Å². The molecule has 0 bridgehead atoms. The molecule has 1 aliphatic carbocycles. The van der Waals surface area contributed by atoms with Crippen LogP contribution in [-0.2, 0) is 6.54 Å². The van der Waals surface area contributed by atoms with Crippen molar-refractivity contribution in [2.75, 3.05) is 13.6 Å². The molecule has 1 aromatic carbocycles. The van der Waals surface area contributed by atoms with Gasteiger partial charge >= 0.3 is 0 Å². The number of benzene rings is 1. The summed E-state index contributed by atoms with van der Waals surface area (Å²) in [6.45, 7) is 1.60. The first-order chi connectivity index (χ1) is 9.60. The summed E-state index contributed by atoms with van der Waals surface area (Å²) in [5.41, 5.74) is 6.48. The van der Waals surface area contributed by atoms with Crippen molar-refractivity contribution in [3.63, 3.8) is 0 Å². The van der Waals surface area contributed by atoms with Crippen LogP contribution in [-0.4, -0.2) is 29.5 Å². The zero-order valence-electron chi connectivity index (χ0n) is 11.8. The Hall–Kier alpha value is -1.62. The first kappa shape index (κ1) is 14.8.